The number of nitrogens with one attached hydrogen (secondary N) is 1. The molecular weight excluding hydrogens is 472 g/mol. The van der Waals surface area contributed by atoms with Crippen molar-refractivity contribution in [3.8, 4) is 0 Å². The molecule has 0 atom stereocenters. The summed E-state index contributed by atoms with van der Waals surface area (Å²) in [7, 11) is -8.09. The van der Waals surface area contributed by atoms with Crippen LogP contribution in [-0.4, -0.2) is 63.5 Å². The maximum atomic E-state index is 13.4. The fourth-order valence-electron chi connectivity index (χ4n) is 3.42. The van der Waals surface area contributed by atoms with E-state index in [4.69, 9.17) is 15.0 Å². The Morgan fingerprint density at radius 1 is 1.06 bits per heavy atom. The number of primary sulfonamides is 1. The van der Waals surface area contributed by atoms with Crippen molar-refractivity contribution in [2.75, 3.05) is 31.6 Å². The number of pyridine rings is 1. The van der Waals surface area contributed by atoms with Crippen LogP contribution < -0.4 is 10.5 Å². The number of nitrogens with zero attached hydrogens (tertiary/aromatic N) is 2. The van der Waals surface area contributed by atoms with E-state index >= 15 is 0 Å². The van der Waals surface area contributed by atoms with Crippen molar-refractivity contribution in [3.63, 3.8) is 0 Å². The van der Waals surface area contributed by atoms with Crippen molar-refractivity contribution >= 4 is 48.3 Å². The van der Waals surface area contributed by atoms with Crippen LogP contribution in [0.25, 0.3) is 10.9 Å². The number of hydrogen-bond donors (Lipinski definition) is 3. The van der Waals surface area contributed by atoms with E-state index in [9.17, 15) is 21.6 Å². The van der Waals surface area contributed by atoms with E-state index in [0.717, 1.165) is 0 Å². The number of carboxylic acid groups (broad SMARTS) is 1. The normalized spacial score (nSPS) is 15.4. The molecule has 2 heterocycles. The molecule has 2 aromatic carbocycles. The lowest BCUT2D eigenvalue weighted by molar-refractivity contribution is 0.0697. The van der Waals surface area contributed by atoms with Crippen LogP contribution in [0, 0.1) is 0 Å². The van der Waals surface area contributed by atoms with Gasteiger partial charge in [-0.2, -0.15) is 4.31 Å². The van der Waals surface area contributed by atoms with Gasteiger partial charge in [0.25, 0.3) is 0 Å². The summed E-state index contributed by atoms with van der Waals surface area (Å²) in [6.07, 6.45) is 1.21. The van der Waals surface area contributed by atoms with Crippen LogP contribution in [0.15, 0.2) is 58.5 Å². The highest BCUT2D eigenvalue weighted by atomic mass is 32.2. The maximum Gasteiger partial charge on any atom is 0.335 e. The van der Waals surface area contributed by atoms with Crippen LogP contribution >= 0.6 is 0 Å². The number of benzene rings is 2. The van der Waals surface area contributed by atoms with Gasteiger partial charge in [0.2, 0.25) is 20.0 Å². The summed E-state index contributed by atoms with van der Waals surface area (Å²) in [5, 5.41) is 17.6. The first-order valence-electron chi connectivity index (χ1n) is 9.71. The van der Waals surface area contributed by atoms with Crippen molar-refractivity contribution in [2.45, 2.75) is 9.79 Å². The summed E-state index contributed by atoms with van der Waals surface area (Å²) < 4.78 is 57.2. The van der Waals surface area contributed by atoms with Gasteiger partial charge in [-0.1, -0.05) is 0 Å². The van der Waals surface area contributed by atoms with Gasteiger partial charge in [-0.05, 0) is 42.5 Å². The minimum atomic E-state index is -4.07. The molecule has 0 bridgehead atoms. The van der Waals surface area contributed by atoms with Crippen LogP contribution in [0.3, 0.4) is 0 Å². The second kappa shape index (κ2) is 8.68. The molecule has 0 aliphatic carbocycles. The van der Waals surface area contributed by atoms with E-state index in [0.29, 0.717) is 11.2 Å². The number of nitrogens with two attached hydrogens (primary N) is 1. The summed E-state index contributed by atoms with van der Waals surface area (Å²) in [5.74, 6) is -1.11. The predicted octanol–water partition coefficient (Wildman–Crippen LogP) is 1.34. The minimum absolute atomic E-state index is 0.0535. The van der Waals surface area contributed by atoms with Crippen LogP contribution in [0.5, 0.6) is 0 Å². The van der Waals surface area contributed by atoms with Crippen LogP contribution in [0.2, 0.25) is 0 Å². The number of aromatic nitrogens is 1. The lowest BCUT2D eigenvalue weighted by Crippen LogP contribution is -2.40. The zero-order valence-corrected chi connectivity index (χ0v) is 18.8. The fourth-order valence-corrected chi connectivity index (χ4v) is 5.47. The van der Waals surface area contributed by atoms with Gasteiger partial charge in [-0.25, -0.2) is 26.8 Å². The molecule has 1 aliphatic heterocycles. The number of ether oxygens (including phenoxy) is 1. The molecule has 174 valence electrons. The Bertz CT molecular complexity index is 1430. The van der Waals surface area contributed by atoms with Crippen molar-refractivity contribution in [2.24, 2.45) is 5.14 Å². The highest BCUT2D eigenvalue weighted by Gasteiger charge is 2.30. The maximum absolute atomic E-state index is 13.4. The number of fused-ring (bicyclic) bond motifs is 1. The van der Waals surface area contributed by atoms with E-state index in [-0.39, 0.29) is 52.7 Å². The van der Waals surface area contributed by atoms with E-state index in [2.05, 4.69) is 10.3 Å². The third-order valence-corrected chi connectivity index (χ3v) is 7.94. The quantitative estimate of drug-likeness (QED) is 0.460. The number of aromatic carboxylic acids is 1. The van der Waals surface area contributed by atoms with Gasteiger partial charge in [-0.15, -0.1) is 0 Å². The molecule has 4 rings (SSSR count). The number of hydrogen-bond acceptors (Lipinski definition) is 8. The molecule has 0 saturated carbocycles. The molecule has 0 unspecified atom stereocenters. The Balaban J connectivity index is 1.92. The summed E-state index contributed by atoms with van der Waals surface area (Å²) in [6.45, 7) is 0.805. The van der Waals surface area contributed by atoms with Gasteiger partial charge < -0.3 is 15.2 Å². The highest BCUT2D eigenvalue weighted by Crippen LogP contribution is 2.35. The lowest BCUT2D eigenvalue weighted by atomic mass is 10.1. The molecule has 3 aromatic rings. The first-order chi connectivity index (χ1) is 15.6. The number of anilines is 2. The van der Waals surface area contributed by atoms with Crippen molar-refractivity contribution < 1.29 is 31.5 Å². The number of morpholine rings is 1. The van der Waals surface area contributed by atoms with Crippen molar-refractivity contribution in [1.82, 2.24) is 9.29 Å². The first kappa shape index (κ1) is 23.1. The monoisotopic (exact) mass is 492 g/mol. The molecular formula is C20H20N4O7S2. The summed E-state index contributed by atoms with van der Waals surface area (Å²) in [6, 6.07) is 9.64. The number of carboxylic acids is 1. The van der Waals surface area contributed by atoms with Gasteiger partial charge >= 0.3 is 5.97 Å². The second-order valence-corrected chi connectivity index (χ2v) is 10.7. The third-order valence-electron chi connectivity index (χ3n) is 5.12. The Morgan fingerprint density at radius 2 is 1.73 bits per heavy atom. The SMILES string of the molecule is NS(=O)(=O)c1ccc2ncc(S(=O)(=O)N3CCOCC3)c(Nc3ccc(C(=O)O)cc3)c2c1. The number of sulfonamides is 2. The van der Waals surface area contributed by atoms with Gasteiger partial charge in [-0.3, -0.25) is 4.98 Å². The van der Waals surface area contributed by atoms with Crippen LogP contribution in [0.1, 0.15) is 10.4 Å². The van der Waals surface area contributed by atoms with E-state index in [1.165, 1.54) is 53.0 Å². The first-order valence-corrected chi connectivity index (χ1v) is 12.7. The van der Waals surface area contributed by atoms with Gasteiger partial charge in [0.1, 0.15) is 4.90 Å². The Morgan fingerprint density at radius 3 is 2.33 bits per heavy atom. The predicted molar refractivity (Wildman–Crippen MR) is 119 cm³/mol. The zero-order valence-electron chi connectivity index (χ0n) is 17.1. The summed E-state index contributed by atoms with van der Waals surface area (Å²) in [5.41, 5.74) is 0.887. The average molecular weight is 493 g/mol. The summed E-state index contributed by atoms with van der Waals surface area (Å²) >= 11 is 0. The van der Waals surface area contributed by atoms with Crippen molar-refractivity contribution in [1.29, 1.82) is 0 Å². The molecule has 4 N–H and O–H groups in total. The van der Waals surface area contributed by atoms with E-state index in [1.54, 1.807) is 0 Å². The molecule has 1 aromatic heterocycles. The van der Waals surface area contributed by atoms with Gasteiger partial charge in [0, 0.05) is 30.4 Å². The van der Waals surface area contributed by atoms with E-state index < -0.39 is 26.0 Å². The van der Waals surface area contributed by atoms with Gasteiger partial charge in [0.15, 0.2) is 0 Å². The van der Waals surface area contributed by atoms with Gasteiger partial charge in [0.05, 0.1) is 34.9 Å². The minimum Gasteiger partial charge on any atom is -0.478 e. The van der Waals surface area contributed by atoms with Crippen molar-refractivity contribution in [3.05, 3.63) is 54.2 Å². The molecule has 33 heavy (non-hydrogen) atoms. The second-order valence-electron chi connectivity index (χ2n) is 7.25. The topological polar surface area (TPSA) is 169 Å². The Labute approximate surface area is 189 Å². The third kappa shape index (κ3) is 4.67. The molecule has 13 heteroatoms. The molecule has 1 saturated heterocycles. The Kier molecular flexibility index (Phi) is 6.07. The smallest absolute Gasteiger partial charge is 0.335 e. The molecule has 0 spiro atoms. The highest BCUT2D eigenvalue weighted by molar-refractivity contribution is 7.89. The number of carbonyl (C=O) groups is 1. The standard InChI is InChI=1S/C20H20N4O7S2/c21-32(27,28)15-5-6-17-16(11-15)19(23-14-3-1-13(2-4-14)20(25)26)18(12-22-17)33(29,30)24-7-9-31-10-8-24/h1-6,11-12H,7-10H2,(H,22,23)(H,25,26)(H2,21,27,28). The molecule has 0 amide bonds. The van der Waals surface area contributed by atoms with Crippen LogP contribution in [-0.2, 0) is 24.8 Å². The largest absolute Gasteiger partial charge is 0.478 e. The lowest BCUT2D eigenvalue weighted by Gasteiger charge is -2.27. The van der Waals surface area contributed by atoms with E-state index in [1.807, 2.05) is 0 Å². The number of rotatable bonds is 6. The summed E-state index contributed by atoms with van der Waals surface area (Å²) in [4.78, 5) is 15.0. The molecule has 1 aliphatic rings. The fraction of sp³-hybridized carbons (Fsp3) is 0.200. The zero-order chi connectivity index (χ0) is 23.8. The molecule has 11 nitrogen and oxygen atoms in total. The van der Waals surface area contributed by atoms with Crippen LogP contribution in [0.4, 0.5) is 11.4 Å². The Hall–Kier alpha value is -3.10. The molecule has 1 fully saturated rings. The average Bonchev–Trinajstić information content (AvgIpc) is 2.79. The molecule has 0 radical (unpaired) electrons.